The molecule has 0 bridgehead atoms. The molecule has 0 saturated heterocycles. The van der Waals surface area contributed by atoms with Crippen molar-refractivity contribution < 1.29 is 4.74 Å². The summed E-state index contributed by atoms with van der Waals surface area (Å²) in [4.78, 5) is 0. The largest absolute Gasteiger partial charge is 0.494 e. The molecule has 0 saturated carbocycles. The number of benzene rings is 1. The van der Waals surface area contributed by atoms with Gasteiger partial charge in [0.05, 0.1) is 29.9 Å². The van der Waals surface area contributed by atoms with E-state index in [1.165, 1.54) is 0 Å². The predicted octanol–water partition coefficient (Wildman–Crippen LogP) is 1.09. The zero-order valence-electron chi connectivity index (χ0n) is 8.92. The fraction of sp³-hybridized carbons (Fsp3) is 0.400. The van der Waals surface area contributed by atoms with Crippen molar-refractivity contribution in [3.63, 3.8) is 0 Å². The minimum Gasteiger partial charge on any atom is -0.494 e. The van der Waals surface area contributed by atoms with E-state index in [4.69, 9.17) is 16.2 Å². The van der Waals surface area contributed by atoms with Crippen LogP contribution in [0.2, 0.25) is 0 Å². The predicted molar refractivity (Wildman–Crippen MR) is 63.4 cm³/mol. The molecule has 5 heteroatoms. The van der Waals surface area contributed by atoms with E-state index in [0.717, 1.165) is 17.9 Å². The molecule has 0 aromatic heterocycles. The third-order valence-electron chi connectivity index (χ3n) is 2.56. The van der Waals surface area contributed by atoms with Gasteiger partial charge in [-0.2, -0.15) is 0 Å². The molecule has 0 spiro atoms. The second-order valence-electron chi connectivity index (χ2n) is 3.76. The Balaban J connectivity index is 2.54. The Morgan fingerprint density at radius 2 is 2.13 bits per heavy atom. The molecule has 1 aromatic rings. The number of anilines is 4. The van der Waals surface area contributed by atoms with E-state index in [0.29, 0.717) is 23.2 Å². The van der Waals surface area contributed by atoms with Crippen molar-refractivity contribution >= 4 is 22.7 Å². The number of ether oxygens (including phenoxy) is 1. The SMILES string of the molecule is COc1cc(N)c2c(c1N)NCC(C)N2. The van der Waals surface area contributed by atoms with Crippen LogP contribution in [0.1, 0.15) is 6.92 Å². The fourth-order valence-corrected chi connectivity index (χ4v) is 1.75. The first-order valence-corrected chi connectivity index (χ1v) is 4.89. The van der Waals surface area contributed by atoms with Crippen LogP contribution in [0.3, 0.4) is 0 Å². The molecular formula is C10H16N4O. The van der Waals surface area contributed by atoms with Crippen molar-refractivity contribution in [3.05, 3.63) is 6.07 Å². The number of nitrogens with one attached hydrogen (secondary N) is 2. The van der Waals surface area contributed by atoms with Crippen molar-refractivity contribution in [2.24, 2.45) is 0 Å². The van der Waals surface area contributed by atoms with Gasteiger partial charge in [0.25, 0.3) is 0 Å². The van der Waals surface area contributed by atoms with Crippen molar-refractivity contribution in [3.8, 4) is 5.75 Å². The third kappa shape index (κ3) is 1.49. The van der Waals surface area contributed by atoms with E-state index in [-0.39, 0.29) is 0 Å². The molecule has 1 aliphatic rings. The van der Waals surface area contributed by atoms with Crippen LogP contribution >= 0.6 is 0 Å². The van der Waals surface area contributed by atoms with Gasteiger partial charge in [-0.15, -0.1) is 0 Å². The second kappa shape index (κ2) is 3.42. The van der Waals surface area contributed by atoms with Gasteiger partial charge in [-0.3, -0.25) is 0 Å². The highest BCUT2D eigenvalue weighted by Crippen LogP contribution is 2.42. The van der Waals surface area contributed by atoms with Crippen molar-refractivity contribution in [2.75, 3.05) is 35.8 Å². The molecule has 1 heterocycles. The number of nitrogen functional groups attached to an aromatic ring is 2. The lowest BCUT2D eigenvalue weighted by Gasteiger charge is -2.28. The van der Waals surface area contributed by atoms with Crippen molar-refractivity contribution in [1.82, 2.24) is 0 Å². The Kier molecular flexibility index (Phi) is 2.22. The number of methoxy groups -OCH3 is 1. The summed E-state index contributed by atoms with van der Waals surface area (Å²) in [5.41, 5.74) is 14.8. The zero-order chi connectivity index (χ0) is 11.0. The molecule has 5 nitrogen and oxygen atoms in total. The molecule has 15 heavy (non-hydrogen) atoms. The summed E-state index contributed by atoms with van der Waals surface area (Å²) in [5.74, 6) is 0.607. The molecule has 2 rings (SSSR count). The summed E-state index contributed by atoms with van der Waals surface area (Å²) < 4.78 is 5.15. The number of hydrogen-bond acceptors (Lipinski definition) is 5. The number of hydrogen-bond donors (Lipinski definition) is 4. The molecule has 1 unspecified atom stereocenters. The van der Waals surface area contributed by atoms with Crippen molar-refractivity contribution in [2.45, 2.75) is 13.0 Å². The lowest BCUT2D eigenvalue weighted by Crippen LogP contribution is -2.31. The minimum atomic E-state index is 0.340. The van der Waals surface area contributed by atoms with Crippen LogP contribution in [0.25, 0.3) is 0 Å². The van der Waals surface area contributed by atoms with Gasteiger partial charge in [0.15, 0.2) is 0 Å². The molecular weight excluding hydrogens is 192 g/mol. The van der Waals surface area contributed by atoms with Gasteiger partial charge in [-0.1, -0.05) is 0 Å². The van der Waals surface area contributed by atoms with Gasteiger partial charge in [0, 0.05) is 18.7 Å². The van der Waals surface area contributed by atoms with E-state index in [1.54, 1.807) is 13.2 Å². The van der Waals surface area contributed by atoms with E-state index < -0.39 is 0 Å². The Hall–Kier alpha value is -1.78. The first-order chi connectivity index (χ1) is 7.13. The summed E-state index contributed by atoms with van der Waals surface area (Å²) in [6.07, 6.45) is 0. The quantitative estimate of drug-likeness (QED) is 0.519. The van der Waals surface area contributed by atoms with Crippen LogP contribution in [0.4, 0.5) is 22.7 Å². The van der Waals surface area contributed by atoms with Crippen LogP contribution in [-0.2, 0) is 0 Å². The highest BCUT2D eigenvalue weighted by atomic mass is 16.5. The molecule has 0 amide bonds. The maximum Gasteiger partial charge on any atom is 0.146 e. The zero-order valence-corrected chi connectivity index (χ0v) is 8.92. The first-order valence-electron chi connectivity index (χ1n) is 4.89. The van der Waals surface area contributed by atoms with Gasteiger partial charge in [0.1, 0.15) is 5.75 Å². The normalized spacial score (nSPS) is 18.7. The van der Waals surface area contributed by atoms with Crippen LogP contribution in [-0.4, -0.2) is 19.7 Å². The second-order valence-corrected chi connectivity index (χ2v) is 3.76. The van der Waals surface area contributed by atoms with E-state index >= 15 is 0 Å². The summed E-state index contributed by atoms with van der Waals surface area (Å²) in [6, 6.07) is 2.08. The van der Waals surface area contributed by atoms with Crippen LogP contribution < -0.4 is 26.8 Å². The molecule has 0 fully saturated rings. The topological polar surface area (TPSA) is 85.3 Å². The Bertz CT molecular complexity index is 391. The molecule has 0 radical (unpaired) electrons. The van der Waals surface area contributed by atoms with Crippen LogP contribution in [0.15, 0.2) is 6.07 Å². The van der Waals surface area contributed by atoms with Crippen molar-refractivity contribution in [1.29, 1.82) is 0 Å². The summed E-state index contributed by atoms with van der Waals surface area (Å²) in [6.45, 7) is 2.90. The highest BCUT2D eigenvalue weighted by Gasteiger charge is 2.20. The molecule has 1 aliphatic heterocycles. The molecule has 1 aromatic carbocycles. The lowest BCUT2D eigenvalue weighted by molar-refractivity contribution is 0.417. The molecule has 6 N–H and O–H groups in total. The van der Waals surface area contributed by atoms with E-state index in [9.17, 15) is 0 Å². The Morgan fingerprint density at radius 1 is 1.40 bits per heavy atom. The summed E-state index contributed by atoms with van der Waals surface area (Å²) in [7, 11) is 1.58. The molecule has 82 valence electrons. The Morgan fingerprint density at radius 3 is 2.80 bits per heavy atom. The average molecular weight is 208 g/mol. The average Bonchev–Trinajstić information content (AvgIpc) is 2.23. The number of rotatable bonds is 1. The molecule has 1 atom stereocenters. The van der Waals surface area contributed by atoms with Gasteiger partial charge < -0.3 is 26.8 Å². The highest BCUT2D eigenvalue weighted by molar-refractivity contribution is 5.94. The smallest absolute Gasteiger partial charge is 0.146 e. The number of nitrogens with two attached hydrogens (primary N) is 2. The third-order valence-corrected chi connectivity index (χ3v) is 2.56. The first kappa shape index (κ1) is 9.76. The van der Waals surface area contributed by atoms with Crippen LogP contribution in [0.5, 0.6) is 5.75 Å². The lowest BCUT2D eigenvalue weighted by atomic mass is 10.1. The minimum absolute atomic E-state index is 0.340. The van der Waals surface area contributed by atoms with Gasteiger partial charge in [0.2, 0.25) is 0 Å². The Labute approximate surface area is 88.8 Å². The molecule has 0 aliphatic carbocycles. The van der Waals surface area contributed by atoms with Gasteiger partial charge in [-0.05, 0) is 6.92 Å². The van der Waals surface area contributed by atoms with Crippen LogP contribution in [0, 0.1) is 0 Å². The standard InChI is InChI=1S/C10H16N4O/c1-5-4-13-10-8(12)7(15-2)3-6(11)9(10)14-5/h3,5,13-14H,4,11-12H2,1-2H3. The fourth-order valence-electron chi connectivity index (χ4n) is 1.75. The maximum absolute atomic E-state index is 5.95. The monoisotopic (exact) mass is 208 g/mol. The number of fused-ring (bicyclic) bond motifs is 1. The van der Waals surface area contributed by atoms with Gasteiger partial charge in [-0.25, -0.2) is 0 Å². The van der Waals surface area contributed by atoms with E-state index in [2.05, 4.69) is 17.6 Å². The maximum atomic E-state index is 5.95. The summed E-state index contributed by atoms with van der Waals surface area (Å²) >= 11 is 0. The summed E-state index contributed by atoms with van der Waals surface area (Å²) in [5, 5.41) is 6.55. The van der Waals surface area contributed by atoms with E-state index in [1.807, 2.05) is 0 Å². The van der Waals surface area contributed by atoms with Gasteiger partial charge >= 0.3 is 0 Å².